The Kier molecular flexibility index (Phi) is 6.51. The minimum atomic E-state index is -4.66. The number of nitro groups is 1. The van der Waals surface area contributed by atoms with Gasteiger partial charge < -0.3 is 19.7 Å². The highest BCUT2D eigenvalue weighted by Crippen LogP contribution is 2.37. The molecule has 2 aromatic rings. The first-order valence-electron chi connectivity index (χ1n) is 10.7. The maximum Gasteiger partial charge on any atom is 0.416 e. The number of piperazine rings is 1. The average molecular weight is 480 g/mol. The molecule has 0 saturated carbocycles. The highest BCUT2D eigenvalue weighted by Gasteiger charge is 2.35. The molecule has 182 valence electrons. The fraction of sp³-hybridized carbons (Fsp3) is 0.409. The van der Waals surface area contributed by atoms with Gasteiger partial charge in [0.15, 0.2) is 11.5 Å². The number of hydrogen-bond acceptors (Lipinski definition) is 7. The molecule has 2 aliphatic heterocycles. The molecule has 0 bridgehead atoms. The number of nitro benzene ring substituents is 1. The predicted octanol–water partition coefficient (Wildman–Crippen LogP) is 3.53. The number of nitrogens with one attached hydrogen (secondary N) is 1. The Balaban J connectivity index is 1.39. The minimum absolute atomic E-state index is 0.131. The second-order valence-electron chi connectivity index (χ2n) is 8.01. The number of carbonyl (C=O) groups is 1. The van der Waals surface area contributed by atoms with Crippen LogP contribution in [0.3, 0.4) is 0 Å². The number of nitrogens with zero attached hydrogens (tertiary/aromatic N) is 3. The summed E-state index contributed by atoms with van der Waals surface area (Å²) in [5.41, 5.74) is -0.954. The van der Waals surface area contributed by atoms with Gasteiger partial charge in [0.2, 0.25) is 5.91 Å². The summed E-state index contributed by atoms with van der Waals surface area (Å²) in [6.07, 6.45) is -4.66. The van der Waals surface area contributed by atoms with Crippen molar-refractivity contribution < 1.29 is 32.4 Å². The Labute approximate surface area is 193 Å². The summed E-state index contributed by atoms with van der Waals surface area (Å²) in [4.78, 5) is 27.0. The zero-order chi connectivity index (χ0) is 24.5. The van der Waals surface area contributed by atoms with Gasteiger partial charge in [-0.25, -0.2) is 0 Å². The van der Waals surface area contributed by atoms with Crippen molar-refractivity contribution in [2.24, 2.45) is 0 Å². The van der Waals surface area contributed by atoms with Gasteiger partial charge >= 0.3 is 6.18 Å². The summed E-state index contributed by atoms with van der Waals surface area (Å²) in [7, 11) is 0. The van der Waals surface area contributed by atoms with Crippen LogP contribution in [0.1, 0.15) is 12.5 Å². The maximum atomic E-state index is 13.0. The minimum Gasteiger partial charge on any atom is -0.486 e. The van der Waals surface area contributed by atoms with Crippen LogP contribution in [0.4, 0.5) is 30.2 Å². The number of amides is 1. The molecule has 1 amide bonds. The van der Waals surface area contributed by atoms with Crippen molar-refractivity contribution in [3.8, 4) is 11.5 Å². The van der Waals surface area contributed by atoms with Crippen LogP contribution in [0.15, 0.2) is 36.4 Å². The number of alkyl halides is 3. The van der Waals surface area contributed by atoms with Gasteiger partial charge in [0.25, 0.3) is 5.69 Å². The molecule has 2 aromatic carbocycles. The number of ether oxygens (including phenoxy) is 2. The van der Waals surface area contributed by atoms with Crippen molar-refractivity contribution in [3.05, 3.63) is 52.1 Å². The first kappa shape index (κ1) is 23.6. The largest absolute Gasteiger partial charge is 0.486 e. The van der Waals surface area contributed by atoms with Gasteiger partial charge in [-0.1, -0.05) is 0 Å². The molecule has 12 heteroatoms. The molecule has 1 fully saturated rings. The number of fused-ring (bicyclic) bond motifs is 1. The first-order valence-corrected chi connectivity index (χ1v) is 10.7. The van der Waals surface area contributed by atoms with Crippen LogP contribution in [0.25, 0.3) is 0 Å². The van der Waals surface area contributed by atoms with Gasteiger partial charge in [0, 0.05) is 44.0 Å². The molecule has 34 heavy (non-hydrogen) atoms. The van der Waals surface area contributed by atoms with Crippen LogP contribution in [0.5, 0.6) is 11.5 Å². The lowest BCUT2D eigenvalue weighted by Crippen LogP contribution is -2.53. The van der Waals surface area contributed by atoms with E-state index in [9.17, 15) is 28.1 Å². The zero-order valence-corrected chi connectivity index (χ0v) is 18.3. The normalized spacial score (nSPS) is 17.2. The van der Waals surface area contributed by atoms with Crippen molar-refractivity contribution in [2.45, 2.75) is 19.1 Å². The average Bonchev–Trinajstić information content (AvgIpc) is 2.82. The third kappa shape index (κ3) is 5.01. The second-order valence-corrected chi connectivity index (χ2v) is 8.01. The topological polar surface area (TPSA) is 97.2 Å². The fourth-order valence-corrected chi connectivity index (χ4v) is 4.00. The molecule has 0 spiro atoms. The fourth-order valence-electron chi connectivity index (χ4n) is 4.00. The van der Waals surface area contributed by atoms with Crippen LogP contribution >= 0.6 is 0 Å². The predicted molar refractivity (Wildman–Crippen MR) is 117 cm³/mol. The third-order valence-electron chi connectivity index (χ3n) is 5.89. The van der Waals surface area contributed by atoms with Gasteiger partial charge in [-0.2, -0.15) is 13.2 Å². The number of anilines is 2. The molecule has 2 heterocycles. The second kappa shape index (κ2) is 9.37. The standard InChI is InChI=1S/C22H23F3N4O5/c1-14(21(30)26-16-3-5-19-20(13-16)34-11-10-33-19)27-6-8-28(9-7-27)17-4-2-15(22(23,24)25)12-18(17)29(31)32/h2-5,12-14H,6-11H2,1H3,(H,26,30). The summed E-state index contributed by atoms with van der Waals surface area (Å²) < 4.78 is 49.9. The van der Waals surface area contributed by atoms with Gasteiger partial charge in [0.05, 0.1) is 16.5 Å². The summed E-state index contributed by atoms with van der Waals surface area (Å²) in [5.74, 6) is 0.944. The van der Waals surface area contributed by atoms with Crippen molar-refractivity contribution in [1.82, 2.24) is 4.90 Å². The molecular weight excluding hydrogens is 457 g/mol. The molecule has 1 atom stereocenters. The highest BCUT2D eigenvalue weighted by atomic mass is 19.4. The van der Waals surface area contributed by atoms with E-state index in [1.54, 1.807) is 30.0 Å². The number of carbonyl (C=O) groups excluding carboxylic acids is 1. The molecule has 0 aliphatic carbocycles. The number of rotatable bonds is 5. The number of hydrogen-bond donors (Lipinski definition) is 1. The van der Waals surface area contributed by atoms with E-state index >= 15 is 0 Å². The highest BCUT2D eigenvalue weighted by molar-refractivity contribution is 5.94. The SMILES string of the molecule is CC(C(=O)Nc1ccc2c(c1)OCCO2)N1CCN(c2ccc(C(F)(F)F)cc2[N+](=O)[O-])CC1. The van der Waals surface area contributed by atoms with E-state index in [1.807, 2.05) is 4.90 Å². The Morgan fingerprint density at radius 2 is 1.74 bits per heavy atom. The molecular formula is C22H23F3N4O5. The molecule has 1 saturated heterocycles. The Bertz CT molecular complexity index is 1090. The molecule has 1 unspecified atom stereocenters. The van der Waals surface area contributed by atoms with Crippen LogP contribution in [0, 0.1) is 10.1 Å². The van der Waals surface area contributed by atoms with Gasteiger partial charge in [-0.05, 0) is 31.2 Å². The van der Waals surface area contributed by atoms with Crippen LogP contribution in [-0.4, -0.2) is 61.2 Å². The summed E-state index contributed by atoms with van der Waals surface area (Å²) in [5, 5.41) is 14.3. The molecule has 2 aliphatic rings. The van der Waals surface area contributed by atoms with E-state index in [2.05, 4.69) is 5.32 Å². The third-order valence-corrected chi connectivity index (χ3v) is 5.89. The van der Waals surface area contributed by atoms with Crippen LogP contribution in [0.2, 0.25) is 0 Å². The molecule has 1 N–H and O–H groups in total. The van der Waals surface area contributed by atoms with E-state index in [4.69, 9.17) is 9.47 Å². The summed E-state index contributed by atoms with van der Waals surface area (Å²) in [6.45, 7) is 4.13. The van der Waals surface area contributed by atoms with E-state index in [1.165, 1.54) is 0 Å². The van der Waals surface area contributed by atoms with Crippen LogP contribution in [-0.2, 0) is 11.0 Å². The van der Waals surface area contributed by atoms with Gasteiger partial charge in [-0.15, -0.1) is 0 Å². The van der Waals surface area contributed by atoms with E-state index in [0.717, 1.165) is 12.1 Å². The monoisotopic (exact) mass is 480 g/mol. The van der Waals surface area contributed by atoms with Gasteiger partial charge in [-0.3, -0.25) is 19.8 Å². The van der Waals surface area contributed by atoms with Crippen molar-refractivity contribution >= 4 is 23.0 Å². The molecule has 4 rings (SSSR count). The van der Waals surface area contributed by atoms with Gasteiger partial charge in [0.1, 0.15) is 18.9 Å². The Morgan fingerprint density at radius 3 is 2.38 bits per heavy atom. The quantitative estimate of drug-likeness (QED) is 0.517. The lowest BCUT2D eigenvalue weighted by atomic mass is 10.1. The summed E-state index contributed by atoms with van der Waals surface area (Å²) in [6, 6.07) is 7.20. The van der Waals surface area contributed by atoms with Crippen LogP contribution < -0.4 is 19.7 Å². The molecule has 0 radical (unpaired) electrons. The smallest absolute Gasteiger partial charge is 0.416 e. The van der Waals surface area contributed by atoms with Crippen molar-refractivity contribution in [2.75, 3.05) is 49.6 Å². The van der Waals surface area contributed by atoms with E-state index in [0.29, 0.717) is 62.6 Å². The number of benzene rings is 2. The summed E-state index contributed by atoms with van der Waals surface area (Å²) >= 11 is 0. The van der Waals surface area contributed by atoms with Crippen molar-refractivity contribution in [3.63, 3.8) is 0 Å². The van der Waals surface area contributed by atoms with E-state index < -0.39 is 28.4 Å². The zero-order valence-electron chi connectivity index (χ0n) is 18.3. The lowest BCUT2D eigenvalue weighted by Gasteiger charge is -2.38. The lowest BCUT2D eigenvalue weighted by molar-refractivity contribution is -0.384. The van der Waals surface area contributed by atoms with E-state index in [-0.39, 0.29) is 11.6 Å². The number of halogens is 3. The molecule has 9 nitrogen and oxygen atoms in total. The Hall–Kier alpha value is -3.54. The maximum absolute atomic E-state index is 13.0. The van der Waals surface area contributed by atoms with Crippen molar-refractivity contribution in [1.29, 1.82) is 0 Å². The molecule has 0 aromatic heterocycles. The first-order chi connectivity index (χ1) is 16.1. The Morgan fingerprint density at radius 1 is 1.06 bits per heavy atom.